The van der Waals surface area contributed by atoms with E-state index in [0.717, 1.165) is 24.6 Å². The molecule has 6 nitrogen and oxygen atoms in total. The predicted octanol–water partition coefficient (Wildman–Crippen LogP) is 2.86. The summed E-state index contributed by atoms with van der Waals surface area (Å²) in [5.41, 5.74) is 2.52. The standard InChI is InChI=1S/C22H34N6/c1-22(2,27-12-8-5-9-13-27)18-25-21(23-3)24-14-20-15-26-28(17-20)16-19-10-6-4-7-11-19/h4,6-7,10-11,15,17H,5,8-9,12-14,16,18H2,1-3H3,(H2,23,24,25). The molecule has 1 aromatic carbocycles. The van der Waals surface area contributed by atoms with E-state index in [1.54, 1.807) is 0 Å². The average Bonchev–Trinajstić information content (AvgIpc) is 3.17. The third kappa shape index (κ3) is 5.83. The molecule has 1 aliphatic rings. The second kappa shape index (κ2) is 9.73. The number of nitrogens with zero attached hydrogens (tertiary/aromatic N) is 4. The first-order valence-corrected chi connectivity index (χ1v) is 10.3. The molecule has 0 saturated carbocycles. The van der Waals surface area contributed by atoms with Gasteiger partial charge in [0.15, 0.2) is 5.96 Å². The molecule has 1 aromatic heterocycles. The molecule has 0 unspecified atom stereocenters. The van der Waals surface area contributed by atoms with Crippen molar-refractivity contribution in [3.05, 3.63) is 53.9 Å². The summed E-state index contributed by atoms with van der Waals surface area (Å²) in [7, 11) is 1.82. The lowest BCUT2D eigenvalue weighted by Crippen LogP contribution is -2.54. The summed E-state index contributed by atoms with van der Waals surface area (Å²) in [6.07, 6.45) is 7.99. The Balaban J connectivity index is 1.46. The average molecular weight is 383 g/mol. The highest BCUT2D eigenvalue weighted by Gasteiger charge is 2.27. The zero-order valence-electron chi connectivity index (χ0n) is 17.5. The molecule has 0 bridgehead atoms. The minimum Gasteiger partial charge on any atom is -0.355 e. The van der Waals surface area contributed by atoms with Crippen molar-refractivity contribution in [1.29, 1.82) is 0 Å². The summed E-state index contributed by atoms with van der Waals surface area (Å²) in [6.45, 7) is 9.39. The van der Waals surface area contributed by atoms with Crippen LogP contribution in [0.2, 0.25) is 0 Å². The number of likely N-dealkylation sites (tertiary alicyclic amines) is 1. The second-order valence-corrected chi connectivity index (χ2v) is 8.17. The van der Waals surface area contributed by atoms with E-state index in [1.807, 2.05) is 24.0 Å². The first-order chi connectivity index (χ1) is 13.6. The Bertz CT molecular complexity index is 743. The largest absolute Gasteiger partial charge is 0.355 e. The molecule has 1 fully saturated rings. The number of rotatable bonds is 7. The van der Waals surface area contributed by atoms with E-state index >= 15 is 0 Å². The first kappa shape index (κ1) is 20.4. The summed E-state index contributed by atoms with van der Waals surface area (Å²) >= 11 is 0. The molecule has 0 amide bonds. The Morgan fingerprint density at radius 3 is 2.54 bits per heavy atom. The van der Waals surface area contributed by atoms with Crippen LogP contribution in [0.1, 0.15) is 44.2 Å². The van der Waals surface area contributed by atoms with Gasteiger partial charge in [-0.2, -0.15) is 5.10 Å². The van der Waals surface area contributed by atoms with Gasteiger partial charge in [0.25, 0.3) is 0 Å². The highest BCUT2D eigenvalue weighted by atomic mass is 15.3. The maximum Gasteiger partial charge on any atom is 0.191 e. The van der Waals surface area contributed by atoms with Crippen molar-refractivity contribution in [1.82, 2.24) is 25.3 Å². The van der Waals surface area contributed by atoms with Crippen molar-refractivity contribution in [2.24, 2.45) is 4.99 Å². The molecule has 152 valence electrons. The normalized spacial score (nSPS) is 16.2. The number of hydrogen-bond acceptors (Lipinski definition) is 3. The molecule has 0 aliphatic carbocycles. The van der Waals surface area contributed by atoms with E-state index < -0.39 is 0 Å². The third-order valence-electron chi connectivity index (χ3n) is 5.46. The van der Waals surface area contributed by atoms with E-state index in [2.05, 4.69) is 69.9 Å². The van der Waals surface area contributed by atoms with E-state index in [0.29, 0.717) is 6.54 Å². The topological polar surface area (TPSA) is 57.5 Å². The minimum atomic E-state index is 0.124. The number of piperidine rings is 1. The van der Waals surface area contributed by atoms with Gasteiger partial charge in [0.2, 0.25) is 0 Å². The van der Waals surface area contributed by atoms with Gasteiger partial charge in [0.1, 0.15) is 0 Å². The van der Waals surface area contributed by atoms with Crippen molar-refractivity contribution in [2.45, 2.75) is 51.7 Å². The van der Waals surface area contributed by atoms with Crippen LogP contribution in [0.3, 0.4) is 0 Å². The fourth-order valence-electron chi connectivity index (χ4n) is 3.67. The van der Waals surface area contributed by atoms with Gasteiger partial charge in [-0.3, -0.25) is 14.6 Å². The van der Waals surface area contributed by atoms with Crippen LogP contribution in [0.4, 0.5) is 0 Å². The van der Waals surface area contributed by atoms with Crippen LogP contribution in [0.15, 0.2) is 47.7 Å². The summed E-state index contributed by atoms with van der Waals surface area (Å²) in [4.78, 5) is 6.96. The number of guanidine groups is 1. The molecule has 0 atom stereocenters. The van der Waals surface area contributed by atoms with Crippen LogP contribution in [0.5, 0.6) is 0 Å². The number of nitrogens with one attached hydrogen (secondary N) is 2. The molecule has 2 N–H and O–H groups in total. The third-order valence-corrected chi connectivity index (χ3v) is 5.46. The Morgan fingerprint density at radius 2 is 1.82 bits per heavy atom. The predicted molar refractivity (Wildman–Crippen MR) is 115 cm³/mol. The fraction of sp³-hybridized carbons (Fsp3) is 0.545. The maximum atomic E-state index is 4.47. The van der Waals surface area contributed by atoms with Gasteiger partial charge in [0.05, 0.1) is 12.7 Å². The van der Waals surface area contributed by atoms with Gasteiger partial charge in [0, 0.05) is 37.4 Å². The Hall–Kier alpha value is -2.34. The molecule has 0 spiro atoms. The van der Waals surface area contributed by atoms with Crippen LogP contribution < -0.4 is 10.6 Å². The lowest BCUT2D eigenvalue weighted by Gasteiger charge is -2.41. The SMILES string of the molecule is CN=C(NCc1cnn(Cc2ccccc2)c1)NCC(C)(C)N1CCCCC1. The molecule has 6 heteroatoms. The van der Waals surface area contributed by atoms with Crippen LogP contribution >= 0.6 is 0 Å². The first-order valence-electron chi connectivity index (χ1n) is 10.3. The monoisotopic (exact) mass is 382 g/mol. The maximum absolute atomic E-state index is 4.47. The van der Waals surface area contributed by atoms with Crippen molar-refractivity contribution < 1.29 is 0 Å². The van der Waals surface area contributed by atoms with Gasteiger partial charge in [-0.25, -0.2) is 0 Å². The highest BCUT2D eigenvalue weighted by Crippen LogP contribution is 2.19. The molecule has 2 aromatic rings. The lowest BCUT2D eigenvalue weighted by atomic mass is 9.98. The van der Waals surface area contributed by atoms with E-state index in [9.17, 15) is 0 Å². The summed E-state index contributed by atoms with van der Waals surface area (Å²) in [5, 5.41) is 11.4. The number of hydrogen-bond donors (Lipinski definition) is 2. The molecule has 2 heterocycles. The van der Waals surface area contributed by atoms with E-state index in [4.69, 9.17) is 0 Å². The quantitative estimate of drug-likeness (QED) is 0.571. The number of benzene rings is 1. The van der Waals surface area contributed by atoms with Crippen LogP contribution in [0.25, 0.3) is 0 Å². The van der Waals surface area contributed by atoms with Crippen LogP contribution in [-0.2, 0) is 13.1 Å². The summed E-state index contributed by atoms with van der Waals surface area (Å²) < 4.78 is 1.97. The Kier molecular flexibility index (Phi) is 7.09. The molecule has 1 saturated heterocycles. The van der Waals surface area contributed by atoms with Crippen molar-refractivity contribution in [2.75, 3.05) is 26.7 Å². The number of aliphatic imine (C=N–C) groups is 1. The van der Waals surface area contributed by atoms with Crippen LogP contribution in [0, 0.1) is 0 Å². The Labute approximate surface area is 169 Å². The Morgan fingerprint density at radius 1 is 1.07 bits per heavy atom. The van der Waals surface area contributed by atoms with Crippen molar-refractivity contribution >= 4 is 5.96 Å². The van der Waals surface area contributed by atoms with Gasteiger partial charge < -0.3 is 10.6 Å². The van der Waals surface area contributed by atoms with E-state index in [1.165, 1.54) is 37.9 Å². The molecule has 1 aliphatic heterocycles. The molecule has 3 rings (SSSR count). The molecular weight excluding hydrogens is 348 g/mol. The highest BCUT2D eigenvalue weighted by molar-refractivity contribution is 5.79. The fourth-order valence-corrected chi connectivity index (χ4v) is 3.67. The zero-order valence-corrected chi connectivity index (χ0v) is 17.5. The van der Waals surface area contributed by atoms with Gasteiger partial charge in [-0.1, -0.05) is 36.8 Å². The van der Waals surface area contributed by atoms with Crippen LogP contribution in [-0.4, -0.2) is 52.9 Å². The van der Waals surface area contributed by atoms with Crippen molar-refractivity contribution in [3.8, 4) is 0 Å². The zero-order chi connectivity index (χ0) is 19.8. The van der Waals surface area contributed by atoms with Crippen molar-refractivity contribution in [3.63, 3.8) is 0 Å². The second-order valence-electron chi connectivity index (χ2n) is 8.17. The minimum absolute atomic E-state index is 0.124. The summed E-state index contributed by atoms with van der Waals surface area (Å²) in [5.74, 6) is 0.834. The smallest absolute Gasteiger partial charge is 0.191 e. The molecule has 28 heavy (non-hydrogen) atoms. The summed E-state index contributed by atoms with van der Waals surface area (Å²) in [6, 6.07) is 10.4. The number of aromatic nitrogens is 2. The van der Waals surface area contributed by atoms with Gasteiger partial charge in [-0.15, -0.1) is 0 Å². The molecule has 0 radical (unpaired) electrons. The van der Waals surface area contributed by atoms with Gasteiger partial charge in [-0.05, 0) is 45.3 Å². The van der Waals surface area contributed by atoms with E-state index in [-0.39, 0.29) is 5.54 Å². The van der Waals surface area contributed by atoms with Gasteiger partial charge >= 0.3 is 0 Å². The molecular formula is C22H34N6. The lowest BCUT2D eigenvalue weighted by molar-refractivity contribution is 0.0982.